The zero-order valence-corrected chi connectivity index (χ0v) is 27.9. The standard InChI is InChI=1S/C34H34ClN3O6S/c1-17(2)44-33(41)29-20(5)36-34-38(30(29)25-16-23(35)12-13-27(25)42-7)31(39)28(45-34)15-22-14-18(3)37(21(22)6)26-11-9-10-24(19(26)4)32(40)43-8/h9-17,30H,1-8H3/b28-15-/t30-/m1/s1. The zero-order chi connectivity index (χ0) is 32.7. The first-order valence-electron chi connectivity index (χ1n) is 14.3. The number of carbonyl (C=O) groups excluding carboxylic acids is 2. The van der Waals surface area contributed by atoms with E-state index in [4.69, 9.17) is 25.8 Å². The summed E-state index contributed by atoms with van der Waals surface area (Å²) in [6.45, 7) is 11.1. The summed E-state index contributed by atoms with van der Waals surface area (Å²) in [5, 5.41) is 0.429. The average molecular weight is 648 g/mol. The van der Waals surface area contributed by atoms with Crippen LogP contribution in [0.1, 0.15) is 65.2 Å². The Bertz CT molecular complexity index is 2070. The molecule has 0 spiro atoms. The van der Waals surface area contributed by atoms with Gasteiger partial charge in [-0.2, -0.15) is 0 Å². The number of hydrogen-bond acceptors (Lipinski definition) is 8. The number of ether oxygens (including phenoxy) is 3. The van der Waals surface area contributed by atoms with Gasteiger partial charge in [-0.3, -0.25) is 9.36 Å². The van der Waals surface area contributed by atoms with Gasteiger partial charge in [0.1, 0.15) is 11.8 Å². The fourth-order valence-electron chi connectivity index (χ4n) is 5.72. The number of benzene rings is 2. The molecule has 1 atom stereocenters. The van der Waals surface area contributed by atoms with Crippen molar-refractivity contribution in [2.45, 2.75) is 53.7 Å². The highest BCUT2D eigenvalue weighted by Crippen LogP contribution is 2.37. The molecule has 2 aromatic heterocycles. The smallest absolute Gasteiger partial charge is 0.338 e. The van der Waals surface area contributed by atoms with E-state index in [0.717, 1.165) is 28.2 Å². The Kier molecular flexibility index (Phi) is 8.91. The number of carbonyl (C=O) groups is 2. The highest BCUT2D eigenvalue weighted by atomic mass is 35.5. The zero-order valence-electron chi connectivity index (χ0n) is 26.4. The van der Waals surface area contributed by atoms with Crippen molar-refractivity contribution in [3.05, 3.63) is 112 Å². The van der Waals surface area contributed by atoms with E-state index >= 15 is 0 Å². The molecule has 45 heavy (non-hydrogen) atoms. The maximum absolute atomic E-state index is 14.2. The van der Waals surface area contributed by atoms with Crippen LogP contribution in [0.25, 0.3) is 11.8 Å². The molecule has 11 heteroatoms. The number of aromatic nitrogens is 2. The van der Waals surface area contributed by atoms with Crippen LogP contribution in [-0.4, -0.2) is 41.4 Å². The molecule has 0 amide bonds. The number of rotatable bonds is 7. The van der Waals surface area contributed by atoms with Gasteiger partial charge in [0.15, 0.2) is 4.80 Å². The molecule has 0 saturated carbocycles. The number of halogens is 1. The summed E-state index contributed by atoms with van der Waals surface area (Å²) in [4.78, 5) is 45.2. The number of aryl methyl sites for hydroxylation is 1. The van der Waals surface area contributed by atoms with Crippen molar-refractivity contribution in [3.8, 4) is 11.4 Å². The van der Waals surface area contributed by atoms with E-state index < -0.39 is 18.0 Å². The van der Waals surface area contributed by atoms with Gasteiger partial charge in [-0.05, 0) is 95.1 Å². The Labute approximate surface area is 269 Å². The molecule has 1 aliphatic heterocycles. The van der Waals surface area contributed by atoms with Gasteiger partial charge in [0.25, 0.3) is 5.56 Å². The van der Waals surface area contributed by atoms with Gasteiger partial charge in [-0.15, -0.1) is 0 Å². The van der Waals surface area contributed by atoms with Crippen LogP contribution in [-0.2, 0) is 14.3 Å². The van der Waals surface area contributed by atoms with Crippen LogP contribution in [0.5, 0.6) is 5.75 Å². The summed E-state index contributed by atoms with van der Waals surface area (Å²) >= 11 is 7.66. The molecule has 2 aromatic carbocycles. The predicted molar refractivity (Wildman–Crippen MR) is 174 cm³/mol. The monoisotopic (exact) mass is 647 g/mol. The van der Waals surface area contributed by atoms with Crippen molar-refractivity contribution >= 4 is 41.0 Å². The number of esters is 2. The fourth-order valence-corrected chi connectivity index (χ4v) is 6.93. The minimum absolute atomic E-state index is 0.238. The van der Waals surface area contributed by atoms with Crippen molar-refractivity contribution < 1.29 is 23.8 Å². The molecule has 1 aliphatic rings. The number of nitrogens with zero attached hydrogens (tertiary/aromatic N) is 3. The van der Waals surface area contributed by atoms with Crippen LogP contribution in [0.15, 0.2) is 63.5 Å². The molecule has 0 saturated heterocycles. The minimum Gasteiger partial charge on any atom is -0.496 e. The minimum atomic E-state index is -0.876. The van der Waals surface area contributed by atoms with Crippen LogP contribution >= 0.6 is 22.9 Å². The molecule has 0 N–H and O–H groups in total. The third-order valence-corrected chi connectivity index (χ3v) is 9.00. The molecule has 3 heterocycles. The van der Waals surface area contributed by atoms with Crippen LogP contribution in [0, 0.1) is 20.8 Å². The summed E-state index contributed by atoms with van der Waals surface area (Å²) in [5.41, 5.74) is 5.64. The van der Waals surface area contributed by atoms with E-state index in [1.54, 1.807) is 45.0 Å². The molecule has 4 aromatic rings. The first-order chi connectivity index (χ1) is 21.4. The quantitative estimate of drug-likeness (QED) is 0.251. The molecule has 0 fully saturated rings. The number of hydrogen-bond donors (Lipinski definition) is 0. The predicted octanol–water partition coefficient (Wildman–Crippen LogP) is 5.35. The van der Waals surface area contributed by atoms with Crippen molar-refractivity contribution in [1.29, 1.82) is 0 Å². The average Bonchev–Trinajstić information content (AvgIpc) is 3.44. The van der Waals surface area contributed by atoms with Crippen molar-refractivity contribution in [3.63, 3.8) is 0 Å². The van der Waals surface area contributed by atoms with E-state index in [-0.39, 0.29) is 17.2 Å². The van der Waals surface area contributed by atoms with Crippen LogP contribution in [0.2, 0.25) is 5.02 Å². The summed E-state index contributed by atoms with van der Waals surface area (Å²) in [5.74, 6) is -0.506. The Balaban J connectivity index is 1.72. The van der Waals surface area contributed by atoms with Gasteiger partial charge in [-0.25, -0.2) is 14.6 Å². The molecular formula is C34H34ClN3O6S. The molecule has 0 radical (unpaired) electrons. The molecular weight excluding hydrogens is 614 g/mol. The van der Waals surface area contributed by atoms with Gasteiger partial charge in [-0.1, -0.05) is 29.0 Å². The van der Waals surface area contributed by atoms with E-state index in [9.17, 15) is 14.4 Å². The second-order valence-electron chi connectivity index (χ2n) is 11.0. The van der Waals surface area contributed by atoms with Crippen LogP contribution in [0.4, 0.5) is 0 Å². The number of thiazole rings is 1. The number of methoxy groups -OCH3 is 2. The molecule has 5 rings (SSSR count). The van der Waals surface area contributed by atoms with E-state index in [2.05, 4.69) is 9.56 Å². The molecule has 234 valence electrons. The second kappa shape index (κ2) is 12.5. The van der Waals surface area contributed by atoms with Gasteiger partial charge < -0.3 is 18.8 Å². The molecule has 0 unspecified atom stereocenters. The lowest BCUT2D eigenvalue weighted by Gasteiger charge is -2.26. The molecule has 0 bridgehead atoms. The maximum Gasteiger partial charge on any atom is 0.338 e. The highest BCUT2D eigenvalue weighted by Gasteiger charge is 2.35. The van der Waals surface area contributed by atoms with Crippen LogP contribution < -0.4 is 19.6 Å². The highest BCUT2D eigenvalue weighted by molar-refractivity contribution is 7.07. The van der Waals surface area contributed by atoms with Gasteiger partial charge in [0, 0.05) is 27.7 Å². The number of fused-ring (bicyclic) bond motifs is 1. The number of allylic oxidation sites excluding steroid dienone is 1. The lowest BCUT2D eigenvalue weighted by atomic mass is 9.95. The van der Waals surface area contributed by atoms with Gasteiger partial charge in [0.05, 0.1) is 41.7 Å². The third kappa shape index (κ3) is 5.76. The Morgan fingerprint density at radius 1 is 1.04 bits per heavy atom. The van der Waals surface area contributed by atoms with Crippen molar-refractivity contribution in [2.24, 2.45) is 4.99 Å². The van der Waals surface area contributed by atoms with E-state index in [1.165, 1.54) is 30.1 Å². The van der Waals surface area contributed by atoms with Crippen LogP contribution in [0.3, 0.4) is 0 Å². The summed E-state index contributed by atoms with van der Waals surface area (Å²) in [6.07, 6.45) is 1.45. The molecule has 9 nitrogen and oxygen atoms in total. The second-order valence-corrected chi connectivity index (χ2v) is 12.5. The maximum atomic E-state index is 14.2. The van der Waals surface area contributed by atoms with Gasteiger partial charge in [0.2, 0.25) is 0 Å². The van der Waals surface area contributed by atoms with Crippen molar-refractivity contribution in [1.82, 2.24) is 9.13 Å². The topological polar surface area (TPSA) is 101 Å². The summed E-state index contributed by atoms with van der Waals surface area (Å²) < 4.78 is 20.2. The largest absolute Gasteiger partial charge is 0.496 e. The first-order valence-corrected chi connectivity index (χ1v) is 15.5. The lowest BCUT2D eigenvalue weighted by molar-refractivity contribution is -0.143. The summed E-state index contributed by atoms with van der Waals surface area (Å²) in [6, 6.07) is 11.7. The Morgan fingerprint density at radius 3 is 2.44 bits per heavy atom. The third-order valence-electron chi connectivity index (χ3n) is 7.78. The summed E-state index contributed by atoms with van der Waals surface area (Å²) in [7, 11) is 2.89. The van der Waals surface area contributed by atoms with E-state index in [0.29, 0.717) is 36.9 Å². The fraction of sp³-hybridized carbons (Fsp3) is 0.294. The Morgan fingerprint density at radius 2 is 1.78 bits per heavy atom. The van der Waals surface area contributed by atoms with Crippen molar-refractivity contribution in [2.75, 3.05) is 14.2 Å². The SMILES string of the molecule is COC(=O)c1cccc(-n2c(C)cc(/C=c3\sc4n(c3=O)[C@H](c3cc(Cl)ccc3OC)C(C(=O)OC(C)C)=C(C)N=4)c2C)c1C. The Hall–Kier alpha value is -4.41. The van der Waals surface area contributed by atoms with E-state index in [1.807, 2.05) is 45.0 Å². The lowest BCUT2D eigenvalue weighted by Crippen LogP contribution is -2.40. The normalized spacial score (nSPS) is 14.8. The molecule has 0 aliphatic carbocycles. The van der Waals surface area contributed by atoms with Gasteiger partial charge >= 0.3 is 11.9 Å². The first kappa shape index (κ1) is 32.0.